The molecule has 7 nitrogen and oxygen atoms in total. The highest BCUT2D eigenvalue weighted by Crippen LogP contribution is 2.24. The van der Waals surface area contributed by atoms with Crippen LogP contribution in [-0.2, 0) is 4.79 Å². The number of carboxylic acid groups (broad SMARTS) is 1. The molecule has 1 aromatic rings. The summed E-state index contributed by atoms with van der Waals surface area (Å²) in [5.41, 5.74) is 0.446. The molecular formula is C12H15BrN2O5. The van der Waals surface area contributed by atoms with Gasteiger partial charge in [-0.15, -0.1) is 0 Å². The van der Waals surface area contributed by atoms with Gasteiger partial charge in [-0.25, -0.2) is 9.59 Å². The van der Waals surface area contributed by atoms with Crippen molar-refractivity contribution in [2.75, 3.05) is 19.0 Å². The third kappa shape index (κ3) is 5.06. The number of carbonyl (C=O) groups is 2. The minimum atomic E-state index is -1.21. The molecule has 1 aromatic carbocycles. The molecule has 0 fully saturated rings. The van der Waals surface area contributed by atoms with Crippen LogP contribution in [0.25, 0.3) is 0 Å². The Bertz CT molecular complexity index is 495. The number of hydrogen-bond donors (Lipinski definition) is 4. The number of halogens is 1. The number of nitrogens with one attached hydrogen (secondary N) is 2. The first-order valence-electron chi connectivity index (χ1n) is 5.72. The lowest BCUT2D eigenvalue weighted by Gasteiger charge is -2.14. The van der Waals surface area contributed by atoms with Crippen LogP contribution in [0, 0.1) is 0 Å². The predicted octanol–water partition coefficient (Wildman–Crippen LogP) is 1.41. The van der Waals surface area contributed by atoms with Gasteiger partial charge in [0, 0.05) is 29.3 Å². The van der Waals surface area contributed by atoms with Gasteiger partial charge in [0.2, 0.25) is 0 Å². The Balaban J connectivity index is 2.70. The maximum Gasteiger partial charge on any atom is 0.326 e. The topological polar surface area (TPSA) is 108 Å². The number of aliphatic hydroxyl groups excluding tert-OH is 1. The lowest BCUT2D eigenvalue weighted by molar-refractivity contribution is -0.139. The van der Waals surface area contributed by atoms with Gasteiger partial charge in [0.1, 0.15) is 11.8 Å². The van der Waals surface area contributed by atoms with Gasteiger partial charge < -0.3 is 25.6 Å². The molecule has 0 aliphatic heterocycles. The van der Waals surface area contributed by atoms with E-state index in [0.29, 0.717) is 15.9 Å². The molecule has 1 unspecified atom stereocenters. The molecule has 0 radical (unpaired) electrons. The average Bonchev–Trinajstić information content (AvgIpc) is 2.37. The summed E-state index contributed by atoms with van der Waals surface area (Å²) in [6.07, 6.45) is -0.0649. The van der Waals surface area contributed by atoms with Crippen molar-refractivity contribution in [1.29, 1.82) is 0 Å². The molecule has 110 valence electrons. The zero-order chi connectivity index (χ0) is 15.1. The number of carboxylic acids is 1. The highest BCUT2D eigenvalue weighted by molar-refractivity contribution is 9.10. The highest BCUT2D eigenvalue weighted by Gasteiger charge is 2.19. The van der Waals surface area contributed by atoms with Crippen LogP contribution in [0.2, 0.25) is 0 Å². The van der Waals surface area contributed by atoms with E-state index in [1.807, 2.05) is 0 Å². The second-order valence-electron chi connectivity index (χ2n) is 3.88. The van der Waals surface area contributed by atoms with Gasteiger partial charge in [0.15, 0.2) is 0 Å². The fourth-order valence-electron chi connectivity index (χ4n) is 1.46. The van der Waals surface area contributed by atoms with Gasteiger partial charge >= 0.3 is 12.0 Å². The van der Waals surface area contributed by atoms with Crippen LogP contribution >= 0.6 is 15.9 Å². The predicted molar refractivity (Wildman–Crippen MR) is 76.0 cm³/mol. The monoisotopic (exact) mass is 346 g/mol. The molecule has 0 spiro atoms. The average molecular weight is 347 g/mol. The summed E-state index contributed by atoms with van der Waals surface area (Å²) < 4.78 is 5.75. The Kier molecular flexibility index (Phi) is 6.26. The molecule has 0 saturated heterocycles. The first-order valence-corrected chi connectivity index (χ1v) is 6.51. The van der Waals surface area contributed by atoms with Crippen LogP contribution in [0.15, 0.2) is 22.7 Å². The number of aliphatic carboxylic acids is 1. The Morgan fingerprint density at radius 3 is 2.65 bits per heavy atom. The van der Waals surface area contributed by atoms with Gasteiger partial charge in [0.25, 0.3) is 0 Å². The van der Waals surface area contributed by atoms with E-state index in [1.165, 1.54) is 7.11 Å². The van der Waals surface area contributed by atoms with Crippen LogP contribution in [0.3, 0.4) is 0 Å². The van der Waals surface area contributed by atoms with E-state index in [0.717, 1.165) is 0 Å². The number of urea groups is 1. The number of methoxy groups -OCH3 is 1. The summed E-state index contributed by atoms with van der Waals surface area (Å²) in [7, 11) is 1.49. The second kappa shape index (κ2) is 7.71. The minimum absolute atomic E-state index is 0.0649. The van der Waals surface area contributed by atoms with Gasteiger partial charge in [0.05, 0.1) is 7.11 Å². The largest absolute Gasteiger partial charge is 0.497 e. The van der Waals surface area contributed by atoms with Crippen molar-refractivity contribution in [2.45, 2.75) is 12.5 Å². The molecule has 2 amide bonds. The Morgan fingerprint density at radius 2 is 2.10 bits per heavy atom. The Labute approximate surface area is 124 Å². The lowest BCUT2D eigenvalue weighted by Crippen LogP contribution is -2.43. The number of aliphatic hydroxyl groups is 1. The first-order chi connectivity index (χ1) is 9.46. The molecule has 20 heavy (non-hydrogen) atoms. The van der Waals surface area contributed by atoms with E-state index < -0.39 is 18.0 Å². The number of carbonyl (C=O) groups excluding carboxylic acids is 1. The van der Waals surface area contributed by atoms with Gasteiger partial charge in [-0.2, -0.15) is 0 Å². The van der Waals surface area contributed by atoms with Crippen molar-refractivity contribution in [3.63, 3.8) is 0 Å². The van der Waals surface area contributed by atoms with Crippen LogP contribution in [0.1, 0.15) is 6.42 Å². The van der Waals surface area contributed by atoms with Crippen molar-refractivity contribution < 1.29 is 24.5 Å². The molecular weight excluding hydrogens is 332 g/mol. The van der Waals surface area contributed by atoms with E-state index in [1.54, 1.807) is 18.2 Å². The SMILES string of the molecule is COc1cc(Br)cc(NC(=O)NC(CCO)C(=O)O)c1. The van der Waals surface area contributed by atoms with Crippen molar-refractivity contribution in [1.82, 2.24) is 5.32 Å². The molecule has 0 heterocycles. The molecule has 0 bridgehead atoms. The van der Waals surface area contributed by atoms with Gasteiger partial charge in [-0.3, -0.25) is 0 Å². The molecule has 4 N–H and O–H groups in total. The number of amides is 2. The third-order valence-electron chi connectivity index (χ3n) is 2.39. The van der Waals surface area contributed by atoms with Crippen LogP contribution in [0.4, 0.5) is 10.5 Å². The van der Waals surface area contributed by atoms with Crippen molar-refractivity contribution in [2.24, 2.45) is 0 Å². The summed E-state index contributed by atoms with van der Waals surface area (Å²) in [4.78, 5) is 22.5. The molecule has 1 rings (SSSR count). The number of rotatable bonds is 6. The number of benzene rings is 1. The van der Waals surface area contributed by atoms with E-state index in [2.05, 4.69) is 26.6 Å². The number of hydrogen-bond acceptors (Lipinski definition) is 4. The summed E-state index contributed by atoms with van der Waals surface area (Å²) in [5, 5.41) is 22.4. The second-order valence-corrected chi connectivity index (χ2v) is 4.80. The molecule has 0 aromatic heterocycles. The molecule has 1 atom stereocenters. The normalized spacial score (nSPS) is 11.6. The Hall–Kier alpha value is -1.80. The summed E-state index contributed by atoms with van der Waals surface area (Å²) in [6.45, 7) is -0.331. The maximum atomic E-state index is 11.7. The zero-order valence-electron chi connectivity index (χ0n) is 10.7. The van der Waals surface area contributed by atoms with Crippen LogP contribution in [-0.4, -0.2) is 42.0 Å². The lowest BCUT2D eigenvalue weighted by atomic mass is 10.2. The van der Waals surface area contributed by atoms with E-state index >= 15 is 0 Å². The maximum absolute atomic E-state index is 11.7. The standard InChI is InChI=1S/C12H15BrN2O5/c1-20-9-5-7(13)4-8(6-9)14-12(19)15-10(2-3-16)11(17)18/h4-6,10,16H,2-3H2,1H3,(H,17,18)(H2,14,15,19). The quantitative estimate of drug-likeness (QED) is 0.622. The molecule has 0 saturated carbocycles. The third-order valence-corrected chi connectivity index (χ3v) is 2.84. The zero-order valence-corrected chi connectivity index (χ0v) is 12.3. The first kappa shape index (κ1) is 16.3. The van der Waals surface area contributed by atoms with Crippen LogP contribution < -0.4 is 15.4 Å². The summed E-state index contributed by atoms with van der Waals surface area (Å²) in [5.74, 6) is -0.666. The van der Waals surface area contributed by atoms with Crippen molar-refractivity contribution in [3.8, 4) is 5.75 Å². The van der Waals surface area contributed by atoms with E-state index in [-0.39, 0.29) is 13.0 Å². The van der Waals surface area contributed by atoms with Crippen molar-refractivity contribution >= 4 is 33.6 Å². The Morgan fingerprint density at radius 1 is 1.40 bits per heavy atom. The van der Waals surface area contributed by atoms with Crippen molar-refractivity contribution in [3.05, 3.63) is 22.7 Å². The van der Waals surface area contributed by atoms with E-state index in [9.17, 15) is 9.59 Å². The number of ether oxygens (including phenoxy) is 1. The minimum Gasteiger partial charge on any atom is -0.497 e. The molecule has 0 aliphatic carbocycles. The summed E-state index contributed by atoms with van der Waals surface area (Å²) >= 11 is 3.26. The molecule has 8 heteroatoms. The van der Waals surface area contributed by atoms with E-state index in [4.69, 9.17) is 14.9 Å². The smallest absolute Gasteiger partial charge is 0.326 e. The fraction of sp³-hybridized carbons (Fsp3) is 0.333. The fourth-order valence-corrected chi connectivity index (χ4v) is 1.94. The van der Waals surface area contributed by atoms with Gasteiger partial charge in [-0.05, 0) is 12.1 Å². The van der Waals surface area contributed by atoms with Gasteiger partial charge in [-0.1, -0.05) is 15.9 Å². The van der Waals surface area contributed by atoms with Crippen LogP contribution in [0.5, 0.6) is 5.75 Å². The summed E-state index contributed by atoms with van der Waals surface area (Å²) in [6, 6.07) is 3.13. The number of anilines is 1. The highest BCUT2D eigenvalue weighted by atomic mass is 79.9. The molecule has 0 aliphatic rings.